The predicted octanol–water partition coefficient (Wildman–Crippen LogP) is 3.99. The molecule has 112 valence electrons. The number of benzene rings is 1. The highest BCUT2D eigenvalue weighted by atomic mass is 15.1. The molecule has 1 aliphatic carbocycles. The lowest BCUT2D eigenvalue weighted by Gasteiger charge is -2.42. The van der Waals surface area contributed by atoms with Crippen molar-refractivity contribution in [2.45, 2.75) is 46.0 Å². The molecule has 1 aliphatic rings. The molecule has 0 radical (unpaired) electrons. The summed E-state index contributed by atoms with van der Waals surface area (Å²) in [6.07, 6.45) is 6.95. The van der Waals surface area contributed by atoms with Crippen LogP contribution in [0.4, 0.5) is 5.69 Å². The number of para-hydroxylation sites is 1. The first-order valence-electron chi connectivity index (χ1n) is 8.16. The van der Waals surface area contributed by atoms with Gasteiger partial charge in [0, 0.05) is 30.7 Å². The van der Waals surface area contributed by atoms with E-state index in [0.717, 1.165) is 13.1 Å². The number of nitrogens with one attached hydrogen (secondary N) is 1. The molecule has 0 heterocycles. The summed E-state index contributed by atoms with van der Waals surface area (Å²) in [4.78, 5) is 2.58. The molecule has 1 N–H and O–H groups in total. The lowest BCUT2D eigenvalue weighted by atomic mass is 9.73. The smallest absolute Gasteiger partial charge is 0.0396 e. The van der Waals surface area contributed by atoms with Crippen LogP contribution in [-0.4, -0.2) is 26.7 Å². The van der Waals surface area contributed by atoms with Gasteiger partial charge in [0.1, 0.15) is 0 Å². The molecule has 0 aliphatic heterocycles. The van der Waals surface area contributed by atoms with Gasteiger partial charge in [-0.15, -0.1) is 0 Å². The molecule has 0 bridgehead atoms. The normalized spacial score (nSPS) is 17.9. The largest absolute Gasteiger partial charge is 0.371 e. The topological polar surface area (TPSA) is 15.3 Å². The second-order valence-electron chi connectivity index (χ2n) is 6.39. The Balaban J connectivity index is 2.16. The number of hydrogen-bond donors (Lipinski definition) is 1. The highest BCUT2D eigenvalue weighted by molar-refractivity contribution is 5.53. The average Bonchev–Trinajstić information content (AvgIpc) is 2.47. The molecule has 2 heteroatoms. The van der Waals surface area contributed by atoms with Crippen LogP contribution in [0, 0.1) is 12.3 Å². The summed E-state index contributed by atoms with van der Waals surface area (Å²) < 4.78 is 0. The van der Waals surface area contributed by atoms with Gasteiger partial charge in [0.25, 0.3) is 0 Å². The van der Waals surface area contributed by atoms with Gasteiger partial charge in [-0.1, -0.05) is 37.5 Å². The van der Waals surface area contributed by atoms with E-state index in [1.165, 1.54) is 49.9 Å². The van der Waals surface area contributed by atoms with Crippen molar-refractivity contribution in [3.8, 4) is 0 Å². The Bertz CT molecular complexity index is 402. The van der Waals surface area contributed by atoms with E-state index >= 15 is 0 Å². The summed E-state index contributed by atoms with van der Waals surface area (Å²) in [7, 11) is 2.10. The minimum Gasteiger partial charge on any atom is -0.371 e. The molecule has 20 heavy (non-hydrogen) atoms. The molecular formula is C18H30N2. The molecule has 2 nitrogen and oxygen atoms in total. The summed E-state index contributed by atoms with van der Waals surface area (Å²) in [6.45, 7) is 7.94. The summed E-state index contributed by atoms with van der Waals surface area (Å²) in [5.74, 6) is 0. The summed E-state index contributed by atoms with van der Waals surface area (Å²) in [6, 6.07) is 8.80. The number of aryl methyl sites for hydroxylation is 1. The Kier molecular flexibility index (Phi) is 5.47. The van der Waals surface area contributed by atoms with Gasteiger partial charge in [-0.25, -0.2) is 0 Å². The van der Waals surface area contributed by atoms with Gasteiger partial charge in [0.2, 0.25) is 0 Å². The zero-order valence-electron chi connectivity index (χ0n) is 13.4. The fourth-order valence-corrected chi connectivity index (χ4v) is 3.76. The molecule has 0 atom stereocenters. The third-order valence-corrected chi connectivity index (χ3v) is 4.83. The monoisotopic (exact) mass is 274 g/mol. The molecule has 1 fully saturated rings. The third kappa shape index (κ3) is 3.54. The Labute approximate surface area is 124 Å². The van der Waals surface area contributed by atoms with E-state index in [9.17, 15) is 0 Å². The predicted molar refractivity (Wildman–Crippen MR) is 88.5 cm³/mol. The van der Waals surface area contributed by atoms with Crippen LogP contribution >= 0.6 is 0 Å². The van der Waals surface area contributed by atoms with E-state index in [-0.39, 0.29) is 0 Å². The van der Waals surface area contributed by atoms with E-state index in [4.69, 9.17) is 0 Å². The van der Waals surface area contributed by atoms with Crippen LogP contribution in [0.1, 0.15) is 44.6 Å². The van der Waals surface area contributed by atoms with Gasteiger partial charge < -0.3 is 10.2 Å². The fraction of sp³-hybridized carbons (Fsp3) is 0.667. The standard InChI is InChI=1S/C18H30N2/c1-4-20(17-11-7-6-10-16(17)2)15-18(14-19-3)12-8-5-9-13-18/h6-7,10-11,19H,4-5,8-9,12-15H2,1-3H3. The van der Waals surface area contributed by atoms with Gasteiger partial charge in [-0.05, 0) is 45.4 Å². The Morgan fingerprint density at radius 3 is 2.45 bits per heavy atom. The van der Waals surface area contributed by atoms with Gasteiger partial charge in [-0.2, -0.15) is 0 Å². The average molecular weight is 274 g/mol. The lowest BCUT2D eigenvalue weighted by Crippen LogP contribution is -2.45. The van der Waals surface area contributed by atoms with Crippen molar-refractivity contribution in [1.29, 1.82) is 0 Å². The van der Waals surface area contributed by atoms with E-state index in [2.05, 4.69) is 55.4 Å². The van der Waals surface area contributed by atoms with Crippen molar-refractivity contribution in [3.63, 3.8) is 0 Å². The first-order chi connectivity index (χ1) is 9.71. The van der Waals surface area contributed by atoms with Crippen LogP contribution in [0.5, 0.6) is 0 Å². The highest BCUT2D eigenvalue weighted by Crippen LogP contribution is 2.37. The minimum atomic E-state index is 0.464. The van der Waals surface area contributed by atoms with E-state index in [1.54, 1.807) is 0 Å². The van der Waals surface area contributed by atoms with E-state index in [1.807, 2.05) is 0 Å². The van der Waals surface area contributed by atoms with Crippen LogP contribution in [0.3, 0.4) is 0 Å². The molecule has 1 saturated carbocycles. The van der Waals surface area contributed by atoms with E-state index in [0.29, 0.717) is 5.41 Å². The molecule has 0 saturated heterocycles. The maximum absolute atomic E-state index is 3.45. The van der Waals surface area contributed by atoms with Crippen LogP contribution in [0.25, 0.3) is 0 Å². The second-order valence-corrected chi connectivity index (χ2v) is 6.39. The molecule has 0 aromatic heterocycles. The first kappa shape index (κ1) is 15.4. The zero-order valence-corrected chi connectivity index (χ0v) is 13.4. The number of rotatable bonds is 6. The van der Waals surface area contributed by atoms with Gasteiger partial charge >= 0.3 is 0 Å². The second kappa shape index (κ2) is 7.12. The van der Waals surface area contributed by atoms with Crippen LogP contribution in [0.15, 0.2) is 24.3 Å². The Hall–Kier alpha value is -1.02. The molecule has 0 unspecified atom stereocenters. The van der Waals surface area contributed by atoms with Crippen LogP contribution in [-0.2, 0) is 0 Å². The molecule has 0 spiro atoms. The quantitative estimate of drug-likeness (QED) is 0.843. The van der Waals surface area contributed by atoms with Crippen LogP contribution < -0.4 is 10.2 Å². The van der Waals surface area contributed by atoms with E-state index < -0.39 is 0 Å². The van der Waals surface area contributed by atoms with Crippen molar-refractivity contribution >= 4 is 5.69 Å². The fourth-order valence-electron chi connectivity index (χ4n) is 3.76. The Morgan fingerprint density at radius 2 is 1.85 bits per heavy atom. The minimum absolute atomic E-state index is 0.464. The van der Waals surface area contributed by atoms with Crippen LogP contribution in [0.2, 0.25) is 0 Å². The molecule has 2 rings (SSSR count). The zero-order chi connectivity index (χ0) is 14.4. The van der Waals surface area contributed by atoms with Gasteiger partial charge in [0.15, 0.2) is 0 Å². The maximum Gasteiger partial charge on any atom is 0.0396 e. The molecular weight excluding hydrogens is 244 g/mol. The maximum atomic E-state index is 3.45. The molecule has 1 aromatic rings. The number of hydrogen-bond acceptors (Lipinski definition) is 2. The van der Waals surface area contributed by atoms with Crippen molar-refractivity contribution in [2.75, 3.05) is 31.6 Å². The SMILES string of the molecule is CCN(CC1(CNC)CCCCC1)c1ccccc1C. The summed E-state index contributed by atoms with van der Waals surface area (Å²) in [5.41, 5.74) is 3.27. The third-order valence-electron chi connectivity index (χ3n) is 4.83. The molecule has 1 aromatic carbocycles. The first-order valence-corrected chi connectivity index (χ1v) is 8.16. The lowest BCUT2D eigenvalue weighted by molar-refractivity contribution is 0.191. The van der Waals surface area contributed by atoms with Crippen molar-refractivity contribution in [3.05, 3.63) is 29.8 Å². The van der Waals surface area contributed by atoms with Crippen molar-refractivity contribution in [2.24, 2.45) is 5.41 Å². The van der Waals surface area contributed by atoms with Gasteiger partial charge in [0.05, 0.1) is 0 Å². The molecule has 0 amide bonds. The summed E-state index contributed by atoms with van der Waals surface area (Å²) >= 11 is 0. The number of anilines is 1. The van der Waals surface area contributed by atoms with Crippen molar-refractivity contribution in [1.82, 2.24) is 5.32 Å². The Morgan fingerprint density at radius 1 is 1.15 bits per heavy atom. The van der Waals surface area contributed by atoms with Gasteiger partial charge in [-0.3, -0.25) is 0 Å². The summed E-state index contributed by atoms with van der Waals surface area (Å²) in [5, 5.41) is 3.45. The van der Waals surface area contributed by atoms with Crippen molar-refractivity contribution < 1.29 is 0 Å². The number of nitrogens with zero attached hydrogens (tertiary/aromatic N) is 1. The highest BCUT2D eigenvalue weighted by Gasteiger charge is 2.33.